The topological polar surface area (TPSA) is 98.8 Å². The van der Waals surface area contributed by atoms with E-state index in [0.717, 1.165) is 11.1 Å². The first-order valence-electron chi connectivity index (χ1n) is 13.2. The fourth-order valence-electron chi connectivity index (χ4n) is 4.76. The van der Waals surface area contributed by atoms with E-state index < -0.39 is 36.0 Å². The molecule has 0 radical (unpaired) electrons. The Morgan fingerprint density at radius 3 is 1.21 bits per heavy atom. The Morgan fingerprint density at radius 1 is 0.605 bits per heavy atom. The van der Waals surface area contributed by atoms with Crippen molar-refractivity contribution in [2.24, 2.45) is 11.8 Å². The molecule has 0 aromatic heterocycles. The van der Waals surface area contributed by atoms with E-state index in [-0.39, 0.29) is 36.5 Å². The van der Waals surface area contributed by atoms with E-state index >= 15 is 0 Å². The summed E-state index contributed by atoms with van der Waals surface area (Å²) in [5.74, 6) is -1.98. The Labute approximate surface area is 225 Å². The number of nitrogens with one attached hydrogen (secondary N) is 2. The number of nitrogens with zero attached hydrogens (tertiary/aromatic N) is 2. The van der Waals surface area contributed by atoms with Gasteiger partial charge in [0, 0.05) is 26.9 Å². The molecule has 2 aromatic carbocycles. The molecule has 0 spiro atoms. The van der Waals surface area contributed by atoms with E-state index in [0.29, 0.717) is 0 Å². The van der Waals surface area contributed by atoms with Crippen LogP contribution in [-0.4, -0.2) is 71.7 Å². The molecule has 8 nitrogen and oxygen atoms in total. The summed E-state index contributed by atoms with van der Waals surface area (Å²) >= 11 is 0. The lowest BCUT2D eigenvalue weighted by Gasteiger charge is -2.38. The van der Waals surface area contributed by atoms with Crippen LogP contribution in [0.15, 0.2) is 60.7 Å². The largest absolute Gasteiger partial charge is 0.342 e. The highest BCUT2D eigenvalue weighted by atomic mass is 16.2. The third-order valence-corrected chi connectivity index (χ3v) is 7.24. The lowest BCUT2D eigenvalue weighted by Crippen LogP contribution is -2.64. The molecule has 204 valence electrons. The minimum absolute atomic E-state index is 0.237. The fourth-order valence-corrected chi connectivity index (χ4v) is 4.76. The predicted octanol–water partition coefficient (Wildman–Crippen LogP) is 2.42. The maximum atomic E-state index is 13.8. The fraction of sp³-hybridized carbons (Fsp3) is 0.467. The van der Waals surface area contributed by atoms with Gasteiger partial charge in [-0.2, -0.15) is 0 Å². The van der Waals surface area contributed by atoms with Crippen LogP contribution in [0.25, 0.3) is 0 Å². The van der Waals surface area contributed by atoms with Crippen molar-refractivity contribution in [1.29, 1.82) is 0 Å². The summed E-state index contributed by atoms with van der Waals surface area (Å²) in [6.45, 7) is 7.41. The first-order valence-corrected chi connectivity index (χ1v) is 13.2. The first kappa shape index (κ1) is 28.9. The van der Waals surface area contributed by atoms with Gasteiger partial charge in [0.05, 0.1) is 0 Å². The molecule has 2 aromatic rings. The predicted molar refractivity (Wildman–Crippen MR) is 147 cm³/mol. The van der Waals surface area contributed by atoms with Crippen LogP contribution >= 0.6 is 0 Å². The molecule has 4 atom stereocenters. The quantitative estimate of drug-likeness (QED) is 0.611. The van der Waals surface area contributed by atoms with Crippen LogP contribution in [0.5, 0.6) is 0 Å². The van der Waals surface area contributed by atoms with E-state index in [9.17, 15) is 19.2 Å². The van der Waals surface area contributed by atoms with Crippen molar-refractivity contribution in [2.75, 3.05) is 14.1 Å². The maximum Gasteiger partial charge on any atom is 0.245 e. The Kier molecular flexibility index (Phi) is 9.66. The standard InChI is InChI=1S/C30H40N4O4/c1-19(2)25-29(37)33(5)24(18-22-15-11-8-12-16-22)28(36)32-26(20(3)4)30(38)34(6)23(27(35)31-25)17-21-13-9-7-10-14-21/h7-16,19-20,23-26H,17-18H2,1-6H3,(H,31,35)(H,32,36)/t23-,24+,25+,26-. The third-order valence-electron chi connectivity index (χ3n) is 7.24. The zero-order valence-electron chi connectivity index (χ0n) is 23.2. The van der Waals surface area contributed by atoms with Crippen molar-refractivity contribution >= 4 is 23.6 Å². The summed E-state index contributed by atoms with van der Waals surface area (Å²) in [5, 5.41) is 5.85. The van der Waals surface area contributed by atoms with Crippen LogP contribution in [0.4, 0.5) is 0 Å². The second-order valence-corrected chi connectivity index (χ2v) is 10.8. The average molecular weight is 521 g/mol. The molecule has 0 bridgehead atoms. The third kappa shape index (κ3) is 6.79. The van der Waals surface area contributed by atoms with Gasteiger partial charge in [0.15, 0.2) is 0 Å². The van der Waals surface area contributed by atoms with Gasteiger partial charge in [-0.05, 0) is 23.0 Å². The van der Waals surface area contributed by atoms with Crippen molar-refractivity contribution in [3.05, 3.63) is 71.8 Å². The number of hydrogen-bond donors (Lipinski definition) is 2. The van der Waals surface area contributed by atoms with Crippen molar-refractivity contribution in [2.45, 2.75) is 64.7 Å². The highest BCUT2D eigenvalue weighted by molar-refractivity contribution is 5.97. The lowest BCUT2D eigenvalue weighted by molar-refractivity contribution is -0.148. The molecular weight excluding hydrogens is 480 g/mol. The van der Waals surface area contributed by atoms with Gasteiger partial charge >= 0.3 is 0 Å². The van der Waals surface area contributed by atoms with Gasteiger partial charge in [-0.25, -0.2) is 0 Å². The summed E-state index contributed by atoms with van der Waals surface area (Å²) in [6, 6.07) is 15.4. The van der Waals surface area contributed by atoms with Crippen LogP contribution in [0.2, 0.25) is 0 Å². The number of likely N-dealkylation sites (N-methyl/N-ethyl adjacent to an activating group) is 2. The molecule has 0 aliphatic carbocycles. The van der Waals surface area contributed by atoms with Crippen LogP contribution in [-0.2, 0) is 32.0 Å². The molecule has 0 unspecified atom stereocenters. The number of benzene rings is 2. The first-order chi connectivity index (χ1) is 18.0. The van der Waals surface area contributed by atoms with Crippen molar-refractivity contribution in [1.82, 2.24) is 20.4 Å². The van der Waals surface area contributed by atoms with Crippen LogP contribution < -0.4 is 10.6 Å². The Morgan fingerprint density at radius 2 is 0.921 bits per heavy atom. The molecule has 1 aliphatic heterocycles. The summed E-state index contributed by atoms with van der Waals surface area (Å²) in [5.41, 5.74) is 1.77. The van der Waals surface area contributed by atoms with Gasteiger partial charge in [-0.15, -0.1) is 0 Å². The van der Waals surface area contributed by atoms with Gasteiger partial charge < -0.3 is 20.4 Å². The molecular formula is C30H40N4O4. The summed E-state index contributed by atoms with van der Waals surface area (Å²) in [4.78, 5) is 57.8. The minimum atomic E-state index is -0.860. The molecule has 1 fully saturated rings. The highest BCUT2D eigenvalue weighted by Crippen LogP contribution is 2.18. The van der Waals surface area contributed by atoms with Gasteiger partial charge in [-0.3, -0.25) is 19.2 Å². The zero-order valence-corrected chi connectivity index (χ0v) is 23.2. The normalized spacial score (nSPS) is 23.7. The van der Waals surface area contributed by atoms with Gasteiger partial charge in [-0.1, -0.05) is 88.4 Å². The second kappa shape index (κ2) is 12.7. The maximum absolute atomic E-state index is 13.8. The molecule has 1 heterocycles. The number of hydrogen-bond acceptors (Lipinski definition) is 4. The number of carbonyl (C=O) groups excluding carboxylic acids is 4. The van der Waals surface area contributed by atoms with E-state index in [4.69, 9.17) is 0 Å². The number of amides is 4. The second-order valence-electron chi connectivity index (χ2n) is 10.8. The Hall–Kier alpha value is -3.68. The van der Waals surface area contributed by atoms with Gasteiger partial charge in [0.2, 0.25) is 23.6 Å². The Balaban J connectivity index is 2.06. The monoisotopic (exact) mass is 520 g/mol. The zero-order chi connectivity index (χ0) is 28.0. The molecule has 8 heteroatoms. The molecule has 0 saturated carbocycles. The van der Waals surface area contributed by atoms with Crippen LogP contribution in [0, 0.1) is 11.8 Å². The SMILES string of the molecule is CC(C)[C@@H]1NC(=O)[C@@H](Cc2ccccc2)N(C)C(=O)[C@@H](C(C)C)NC(=O)[C@H](Cc2ccccc2)N(C)C1=O. The number of rotatable bonds is 6. The van der Waals surface area contributed by atoms with E-state index in [1.54, 1.807) is 14.1 Å². The van der Waals surface area contributed by atoms with Crippen molar-refractivity contribution < 1.29 is 19.2 Å². The molecule has 38 heavy (non-hydrogen) atoms. The summed E-state index contributed by atoms with van der Waals surface area (Å²) in [7, 11) is 3.17. The van der Waals surface area contributed by atoms with E-state index in [2.05, 4.69) is 10.6 Å². The summed E-state index contributed by atoms with van der Waals surface area (Å²) < 4.78 is 0. The van der Waals surface area contributed by atoms with Crippen LogP contribution in [0.1, 0.15) is 38.8 Å². The van der Waals surface area contributed by atoms with Gasteiger partial charge in [0.1, 0.15) is 24.2 Å². The molecule has 1 aliphatic rings. The lowest BCUT2D eigenvalue weighted by atomic mass is 9.95. The molecule has 2 N–H and O–H groups in total. The van der Waals surface area contributed by atoms with Crippen molar-refractivity contribution in [3.8, 4) is 0 Å². The smallest absolute Gasteiger partial charge is 0.245 e. The summed E-state index contributed by atoms with van der Waals surface area (Å²) in [6.07, 6.45) is 0.554. The van der Waals surface area contributed by atoms with E-state index in [1.165, 1.54) is 9.80 Å². The molecule has 4 amide bonds. The molecule has 3 rings (SSSR count). The average Bonchev–Trinajstić information content (AvgIpc) is 2.90. The Bertz CT molecular complexity index is 1030. The van der Waals surface area contributed by atoms with Gasteiger partial charge in [0.25, 0.3) is 0 Å². The minimum Gasteiger partial charge on any atom is -0.342 e. The van der Waals surface area contributed by atoms with E-state index in [1.807, 2.05) is 88.4 Å². The number of carbonyl (C=O) groups is 4. The van der Waals surface area contributed by atoms with Crippen LogP contribution in [0.3, 0.4) is 0 Å². The van der Waals surface area contributed by atoms with Crippen molar-refractivity contribution in [3.63, 3.8) is 0 Å². The molecule has 1 saturated heterocycles. The highest BCUT2D eigenvalue weighted by Gasteiger charge is 2.40.